The summed E-state index contributed by atoms with van der Waals surface area (Å²) in [6.45, 7) is 0. The van der Waals surface area contributed by atoms with Gasteiger partial charge in [-0.15, -0.1) is 0 Å². The number of pyridine rings is 1. The predicted molar refractivity (Wildman–Crippen MR) is 63.9 cm³/mol. The summed E-state index contributed by atoms with van der Waals surface area (Å²) in [6.07, 6.45) is 4.84. The summed E-state index contributed by atoms with van der Waals surface area (Å²) in [7, 11) is 0. The molecule has 0 spiro atoms. The van der Waals surface area contributed by atoms with Crippen molar-refractivity contribution in [3.8, 4) is 0 Å². The molecule has 0 saturated heterocycles. The molecule has 2 aromatic heterocycles. The van der Waals surface area contributed by atoms with Gasteiger partial charge in [-0.3, -0.25) is 14.6 Å². The monoisotopic (exact) mass is 245 g/mol. The van der Waals surface area contributed by atoms with Gasteiger partial charge in [0.1, 0.15) is 11.3 Å². The smallest absolute Gasteiger partial charge is 0.286 e. The molecular weight excluding hydrogens is 234 g/mol. The number of rotatable bonds is 3. The highest BCUT2D eigenvalue weighted by molar-refractivity contribution is 6.10. The van der Waals surface area contributed by atoms with Crippen LogP contribution in [0.15, 0.2) is 22.9 Å². The third-order valence-corrected chi connectivity index (χ3v) is 2.91. The van der Waals surface area contributed by atoms with E-state index < -0.39 is 5.91 Å². The number of hydrogen-bond donors (Lipinski definition) is 2. The van der Waals surface area contributed by atoms with E-state index >= 15 is 0 Å². The van der Waals surface area contributed by atoms with Gasteiger partial charge < -0.3 is 15.5 Å². The average molecular weight is 245 g/mol. The van der Waals surface area contributed by atoms with Crippen molar-refractivity contribution in [1.29, 1.82) is 0 Å². The predicted octanol–water partition coefficient (Wildman–Crippen LogP) is 1.28. The number of nitrogens with zero attached hydrogens (tertiary/aromatic N) is 1. The highest BCUT2D eigenvalue weighted by atomic mass is 16.3. The third kappa shape index (κ3) is 1.71. The van der Waals surface area contributed by atoms with Crippen molar-refractivity contribution in [3.05, 3.63) is 24.2 Å². The van der Waals surface area contributed by atoms with Crippen LogP contribution in [0.25, 0.3) is 11.0 Å². The summed E-state index contributed by atoms with van der Waals surface area (Å²) >= 11 is 0. The number of anilines is 1. The van der Waals surface area contributed by atoms with Crippen molar-refractivity contribution < 1.29 is 14.0 Å². The van der Waals surface area contributed by atoms with Gasteiger partial charge in [-0.1, -0.05) is 0 Å². The van der Waals surface area contributed by atoms with Crippen LogP contribution < -0.4 is 11.1 Å². The largest absolute Gasteiger partial charge is 0.448 e. The van der Waals surface area contributed by atoms with Crippen molar-refractivity contribution in [2.24, 2.45) is 11.7 Å². The Hall–Kier alpha value is -2.37. The molecule has 0 unspecified atom stereocenters. The minimum absolute atomic E-state index is 0.0346. The summed E-state index contributed by atoms with van der Waals surface area (Å²) in [5, 5.41) is 3.29. The molecule has 92 valence electrons. The number of aromatic nitrogens is 1. The quantitative estimate of drug-likeness (QED) is 0.850. The van der Waals surface area contributed by atoms with Gasteiger partial charge in [-0.05, 0) is 18.9 Å². The first-order valence-corrected chi connectivity index (χ1v) is 5.64. The number of fused-ring (bicyclic) bond motifs is 1. The molecule has 0 atom stereocenters. The van der Waals surface area contributed by atoms with Crippen molar-refractivity contribution in [1.82, 2.24) is 4.98 Å². The van der Waals surface area contributed by atoms with E-state index in [4.69, 9.17) is 10.2 Å². The molecule has 6 nitrogen and oxygen atoms in total. The fraction of sp³-hybridized carbons (Fsp3) is 0.250. The van der Waals surface area contributed by atoms with Crippen molar-refractivity contribution >= 4 is 28.5 Å². The lowest BCUT2D eigenvalue weighted by atomic mass is 10.2. The zero-order valence-corrected chi connectivity index (χ0v) is 9.47. The lowest BCUT2D eigenvalue weighted by Crippen LogP contribution is -2.17. The van der Waals surface area contributed by atoms with E-state index in [0.717, 1.165) is 12.8 Å². The van der Waals surface area contributed by atoms with E-state index in [9.17, 15) is 9.59 Å². The molecule has 2 amide bonds. The number of hydrogen-bond acceptors (Lipinski definition) is 4. The van der Waals surface area contributed by atoms with Gasteiger partial charge in [-0.25, -0.2) is 0 Å². The minimum Gasteiger partial charge on any atom is -0.448 e. The summed E-state index contributed by atoms with van der Waals surface area (Å²) < 4.78 is 5.33. The molecule has 0 bridgehead atoms. The highest BCUT2D eigenvalue weighted by Gasteiger charge is 2.31. The first kappa shape index (κ1) is 10.8. The molecule has 1 aliphatic rings. The van der Waals surface area contributed by atoms with Crippen molar-refractivity contribution in [2.45, 2.75) is 12.8 Å². The second-order valence-electron chi connectivity index (χ2n) is 4.31. The maximum absolute atomic E-state index is 11.8. The van der Waals surface area contributed by atoms with E-state index in [1.165, 1.54) is 6.20 Å². The van der Waals surface area contributed by atoms with E-state index in [-0.39, 0.29) is 17.6 Å². The second kappa shape index (κ2) is 3.83. The summed E-state index contributed by atoms with van der Waals surface area (Å²) in [5.41, 5.74) is 6.04. The van der Waals surface area contributed by atoms with Gasteiger partial charge >= 0.3 is 0 Å². The molecule has 3 rings (SSSR count). The third-order valence-electron chi connectivity index (χ3n) is 2.91. The molecule has 1 aliphatic carbocycles. The number of amides is 2. The SMILES string of the molecule is NC(=O)c1oc2ccncc2c1NC(=O)C1CC1. The van der Waals surface area contributed by atoms with Crippen LogP contribution >= 0.6 is 0 Å². The normalized spacial score (nSPS) is 14.7. The number of primary amides is 1. The molecule has 1 fully saturated rings. The summed E-state index contributed by atoms with van der Waals surface area (Å²) in [5.74, 6) is -0.819. The van der Waals surface area contributed by atoms with Crippen LogP contribution in [0.5, 0.6) is 0 Å². The molecule has 0 aliphatic heterocycles. The zero-order chi connectivity index (χ0) is 12.7. The fourth-order valence-corrected chi connectivity index (χ4v) is 1.81. The lowest BCUT2D eigenvalue weighted by Gasteiger charge is -2.02. The molecule has 2 heterocycles. The van der Waals surface area contributed by atoms with Crippen LogP contribution in [0.1, 0.15) is 23.4 Å². The second-order valence-corrected chi connectivity index (χ2v) is 4.31. The zero-order valence-electron chi connectivity index (χ0n) is 9.47. The van der Waals surface area contributed by atoms with Gasteiger partial charge in [0, 0.05) is 18.3 Å². The first-order valence-electron chi connectivity index (χ1n) is 5.64. The Labute approximate surface area is 102 Å². The van der Waals surface area contributed by atoms with E-state index in [0.29, 0.717) is 16.7 Å². The van der Waals surface area contributed by atoms with E-state index in [2.05, 4.69) is 10.3 Å². The highest BCUT2D eigenvalue weighted by Crippen LogP contribution is 2.34. The Morgan fingerprint density at radius 1 is 1.44 bits per heavy atom. The maximum atomic E-state index is 11.8. The molecule has 1 saturated carbocycles. The number of carbonyl (C=O) groups is 2. The Morgan fingerprint density at radius 3 is 2.89 bits per heavy atom. The lowest BCUT2D eigenvalue weighted by molar-refractivity contribution is -0.117. The van der Waals surface area contributed by atoms with Gasteiger partial charge in [0.25, 0.3) is 5.91 Å². The Bertz CT molecular complexity index is 643. The molecule has 18 heavy (non-hydrogen) atoms. The Morgan fingerprint density at radius 2 is 2.22 bits per heavy atom. The van der Waals surface area contributed by atoms with Crippen LogP contribution in [-0.4, -0.2) is 16.8 Å². The minimum atomic E-state index is -0.711. The number of nitrogens with one attached hydrogen (secondary N) is 1. The van der Waals surface area contributed by atoms with Gasteiger partial charge in [-0.2, -0.15) is 0 Å². The maximum Gasteiger partial charge on any atom is 0.286 e. The number of furan rings is 1. The molecule has 3 N–H and O–H groups in total. The molecular formula is C12H11N3O3. The number of nitrogens with two attached hydrogens (primary N) is 1. The molecule has 2 aromatic rings. The van der Waals surface area contributed by atoms with Crippen molar-refractivity contribution in [2.75, 3.05) is 5.32 Å². The molecule has 6 heteroatoms. The topological polar surface area (TPSA) is 98.2 Å². The fourth-order valence-electron chi connectivity index (χ4n) is 1.81. The van der Waals surface area contributed by atoms with Crippen LogP contribution in [0, 0.1) is 5.92 Å². The molecule has 0 radical (unpaired) electrons. The van der Waals surface area contributed by atoms with Crippen LogP contribution in [0.3, 0.4) is 0 Å². The molecule has 0 aromatic carbocycles. The standard InChI is InChI=1S/C12H11N3O3/c13-11(16)10-9(15-12(17)6-1-2-6)7-5-14-4-3-8(7)18-10/h3-6H,1-2H2,(H2,13,16)(H,15,17). The first-order chi connectivity index (χ1) is 8.66. The van der Waals surface area contributed by atoms with Crippen LogP contribution in [0.4, 0.5) is 5.69 Å². The van der Waals surface area contributed by atoms with Crippen LogP contribution in [-0.2, 0) is 4.79 Å². The van der Waals surface area contributed by atoms with Gasteiger partial charge in [0.15, 0.2) is 0 Å². The summed E-state index contributed by atoms with van der Waals surface area (Å²) in [6, 6.07) is 1.62. The van der Waals surface area contributed by atoms with Crippen LogP contribution in [0.2, 0.25) is 0 Å². The van der Waals surface area contributed by atoms with E-state index in [1.54, 1.807) is 12.3 Å². The van der Waals surface area contributed by atoms with Crippen molar-refractivity contribution in [3.63, 3.8) is 0 Å². The summed E-state index contributed by atoms with van der Waals surface area (Å²) in [4.78, 5) is 27.0. The Balaban J connectivity index is 2.08. The van der Waals surface area contributed by atoms with E-state index in [1.807, 2.05) is 0 Å². The Kier molecular flexibility index (Phi) is 2.29. The average Bonchev–Trinajstić information content (AvgIpc) is 3.13. The number of carbonyl (C=O) groups excluding carboxylic acids is 2. The van der Waals surface area contributed by atoms with Gasteiger partial charge in [0.05, 0.1) is 5.39 Å². The van der Waals surface area contributed by atoms with Gasteiger partial charge in [0.2, 0.25) is 11.7 Å².